The first-order valence-electron chi connectivity index (χ1n) is 4.47. The number of hydrogen-bond donors (Lipinski definition) is 1. The van der Waals surface area contributed by atoms with Gasteiger partial charge in [-0.05, 0) is 11.6 Å². The van der Waals surface area contributed by atoms with E-state index < -0.39 is 23.6 Å². The molecule has 2 aliphatic rings. The van der Waals surface area contributed by atoms with E-state index in [2.05, 4.69) is 10.1 Å². The van der Waals surface area contributed by atoms with Crippen molar-refractivity contribution in [3.63, 3.8) is 0 Å². The standard InChI is InChI=1S/C10H9NO4/c1-15-10(14)7-2-5-3-8(12)9(13)4-6(5)11-7/h3-4,7,11H,2H2,1H3/t7-/m0/s1. The lowest BCUT2D eigenvalue weighted by Gasteiger charge is -2.07. The average molecular weight is 207 g/mol. The van der Waals surface area contributed by atoms with Crippen LogP contribution in [0.2, 0.25) is 0 Å². The molecule has 78 valence electrons. The van der Waals surface area contributed by atoms with Crippen LogP contribution >= 0.6 is 0 Å². The van der Waals surface area contributed by atoms with Crippen LogP contribution < -0.4 is 5.32 Å². The molecule has 0 aromatic rings. The molecule has 1 N–H and O–H groups in total. The van der Waals surface area contributed by atoms with Gasteiger partial charge in [0, 0.05) is 18.2 Å². The Morgan fingerprint density at radius 3 is 2.73 bits per heavy atom. The van der Waals surface area contributed by atoms with E-state index in [1.165, 1.54) is 19.3 Å². The van der Waals surface area contributed by atoms with Gasteiger partial charge in [0.25, 0.3) is 0 Å². The molecule has 0 unspecified atom stereocenters. The number of carbonyl (C=O) groups is 3. The molecular formula is C10H9NO4. The van der Waals surface area contributed by atoms with Gasteiger partial charge in [0.15, 0.2) is 0 Å². The molecule has 0 aromatic heterocycles. The molecule has 0 radical (unpaired) electrons. The van der Waals surface area contributed by atoms with Gasteiger partial charge in [-0.1, -0.05) is 0 Å². The average Bonchev–Trinajstić information content (AvgIpc) is 2.60. The number of rotatable bonds is 1. The Morgan fingerprint density at radius 1 is 1.40 bits per heavy atom. The molecule has 1 aliphatic heterocycles. The highest BCUT2D eigenvalue weighted by Gasteiger charge is 2.33. The SMILES string of the molecule is COC(=O)[C@@H]1CC2=CC(=O)C(=O)C=C2N1. The third-order valence-electron chi connectivity index (χ3n) is 2.41. The fourth-order valence-corrected chi connectivity index (χ4v) is 1.65. The Balaban J connectivity index is 2.24. The number of ether oxygens (including phenoxy) is 1. The van der Waals surface area contributed by atoms with Crippen molar-refractivity contribution in [2.24, 2.45) is 0 Å². The van der Waals surface area contributed by atoms with Gasteiger partial charge in [0.2, 0.25) is 11.6 Å². The number of allylic oxidation sites excluding steroid dienone is 3. The summed E-state index contributed by atoms with van der Waals surface area (Å²) in [7, 11) is 1.30. The van der Waals surface area contributed by atoms with Crippen LogP contribution in [-0.4, -0.2) is 30.7 Å². The molecule has 2 rings (SSSR count). The van der Waals surface area contributed by atoms with Gasteiger partial charge in [0.05, 0.1) is 7.11 Å². The molecule has 0 bridgehead atoms. The Bertz CT molecular complexity index is 387. The Morgan fingerprint density at radius 2 is 2.07 bits per heavy atom. The molecule has 0 aromatic carbocycles. The minimum atomic E-state index is -0.563. The summed E-state index contributed by atoms with van der Waals surface area (Å²) in [6.07, 6.45) is 2.88. The Labute approximate surface area is 85.8 Å². The molecule has 5 nitrogen and oxygen atoms in total. The van der Waals surface area contributed by atoms with E-state index >= 15 is 0 Å². The number of carbonyl (C=O) groups excluding carboxylic acids is 3. The minimum Gasteiger partial charge on any atom is -0.467 e. The molecule has 1 fully saturated rings. The maximum absolute atomic E-state index is 11.2. The quantitative estimate of drug-likeness (QED) is 0.356. The Kier molecular flexibility index (Phi) is 2.15. The minimum absolute atomic E-state index is 0.386. The smallest absolute Gasteiger partial charge is 0.328 e. The van der Waals surface area contributed by atoms with E-state index in [0.29, 0.717) is 17.7 Å². The molecule has 15 heavy (non-hydrogen) atoms. The van der Waals surface area contributed by atoms with Gasteiger partial charge < -0.3 is 10.1 Å². The number of nitrogens with one attached hydrogen (secondary N) is 1. The number of hydrogen-bond acceptors (Lipinski definition) is 5. The summed E-state index contributed by atoms with van der Waals surface area (Å²) in [6.45, 7) is 0. The third-order valence-corrected chi connectivity index (χ3v) is 2.41. The first kappa shape index (κ1) is 9.64. The maximum Gasteiger partial charge on any atom is 0.328 e. The second kappa shape index (κ2) is 3.34. The highest BCUT2D eigenvalue weighted by molar-refractivity contribution is 6.46. The van der Waals surface area contributed by atoms with Crippen molar-refractivity contribution >= 4 is 17.5 Å². The summed E-state index contributed by atoms with van der Waals surface area (Å²) in [5, 5.41) is 2.84. The largest absolute Gasteiger partial charge is 0.467 e. The van der Waals surface area contributed by atoms with E-state index in [-0.39, 0.29) is 0 Å². The fourth-order valence-electron chi connectivity index (χ4n) is 1.65. The molecule has 1 aliphatic carbocycles. The van der Waals surface area contributed by atoms with Crippen LogP contribution in [0.1, 0.15) is 6.42 Å². The fraction of sp³-hybridized carbons (Fsp3) is 0.300. The van der Waals surface area contributed by atoms with Gasteiger partial charge in [-0.3, -0.25) is 9.59 Å². The van der Waals surface area contributed by atoms with Crippen molar-refractivity contribution < 1.29 is 19.1 Å². The van der Waals surface area contributed by atoms with Gasteiger partial charge in [-0.2, -0.15) is 0 Å². The third kappa shape index (κ3) is 1.56. The predicted molar refractivity (Wildman–Crippen MR) is 49.7 cm³/mol. The molecule has 0 amide bonds. The number of ketones is 2. The zero-order valence-corrected chi connectivity index (χ0v) is 8.07. The normalized spacial score (nSPS) is 23.9. The summed E-state index contributed by atoms with van der Waals surface area (Å²) < 4.78 is 4.57. The van der Waals surface area contributed by atoms with E-state index in [0.717, 1.165) is 0 Å². The van der Waals surface area contributed by atoms with Crippen molar-refractivity contribution in [3.8, 4) is 0 Å². The van der Waals surface area contributed by atoms with E-state index in [1.54, 1.807) is 0 Å². The van der Waals surface area contributed by atoms with Crippen LogP contribution in [0.3, 0.4) is 0 Å². The zero-order chi connectivity index (χ0) is 11.0. The number of methoxy groups -OCH3 is 1. The second-order valence-corrected chi connectivity index (χ2v) is 3.38. The monoisotopic (exact) mass is 207 g/mol. The van der Waals surface area contributed by atoms with Crippen molar-refractivity contribution in [3.05, 3.63) is 23.4 Å². The summed E-state index contributed by atoms with van der Waals surface area (Å²) in [4.78, 5) is 33.3. The van der Waals surface area contributed by atoms with Gasteiger partial charge >= 0.3 is 5.97 Å². The summed E-state index contributed by atoms with van der Waals surface area (Å²) >= 11 is 0. The molecule has 1 heterocycles. The molecule has 1 atom stereocenters. The van der Waals surface area contributed by atoms with Gasteiger partial charge in [0.1, 0.15) is 6.04 Å². The van der Waals surface area contributed by atoms with Crippen LogP contribution in [0, 0.1) is 0 Å². The lowest BCUT2D eigenvalue weighted by Crippen LogP contribution is -2.31. The predicted octanol–water partition coefficient (Wildman–Crippen LogP) is -0.517. The molecule has 0 spiro atoms. The topological polar surface area (TPSA) is 72.5 Å². The van der Waals surface area contributed by atoms with Crippen molar-refractivity contribution in [1.82, 2.24) is 5.32 Å². The number of esters is 1. The zero-order valence-electron chi connectivity index (χ0n) is 8.07. The maximum atomic E-state index is 11.2. The Hall–Kier alpha value is -1.91. The van der Waals surface area contributed by atoms with Crippen LogP contribution in [0.15, 0.2) is 23.4 Å². The lowest BCUT2D eigenvalue weighted by atomic mass is 10.0. The molecular weight excluding hydrogens is 198 g/mol. The van der Waals surface area contributed by atoms with Gasteiger partial charge in [-0.25, -0.2) is 4.79 Å². The van der Waals surface area contributed by atoms with Crippen LogP contribution in [-0.2, 0) is 19.1 Å². The van der Waals surface area contributed by atoms with Crippen LogP contribution in [0.25, 0.3) is 0 Å². The second-order valence-electron chi connectivity index (χ2n) is 3.38. The van der Waals surface area contributed by atoms with Crippen molar-refractivity contribution in [2.45, 2.75) is 12.5 Å². The lowest BCUT2D eigenvalue weighted by molar-refractivity contribution is -0.142. The van der Waals surface area contributed by atoms with Gasteiger partial charge in [-0.15, -0.1) is 0 Å². The molecule has 1 saturated heterocycles. The van der Waals surface area contributed by atoms with Crippen molar-refractivity contribution in [2.75, 3.05) is 7.11 Å². The first-order chi connectivity index (χ1) is 7.11. The van der Waals surface area contributed by atoms with E-state index in [4.69, 9.17) is 0 Å². The summed E-state index contributed by atoms with van der Waals surface area (Å²) in [5.74, 6) is -1.50. The molecule has 0 saturated carbocycles. The van der Waals surface area contributed by atoms with E-state index in [9.17, 15) is 14.4 Å². The first-order valence-corrected chi connectivity index (χ1v) is 4.47. The van der Waals surface area contributed by atoms with Crippen molar-refractivity contribution in [1.29, 1.82) is 0 Å². The summed E-state index contributed by atoms with van der Waals surface area (Å²) in [5.41, 5.74) is 1.24. The summed E-state index contributed by atoms with van der Waals surface area (Å²) in [6, 6.07) is -0.494. The van der Waals surface area contributed by atoms with Crippen LogP contribution in [0.4, 0.5) is 0 Å². The highest BCUT2D eigenvalue weighted by atomic mass is 16.5. The number of fused-ring (bicyclic) bond motifs is 1. The highest BCUT2D eigenvalue weighted by Crippen LogP contribution is 2.26. The van der Waals surface area contributed by atoms with Crippen LogP contribution in [0.5, 0.6) is 0 Å². The van der Waals surface area contributed by atoms with E-state index in [1.807, 2.05) is 0 Å². The molecule has 5 heteroatoms.